The van der Waals surface area contributed by atoms with Crippen LogP contribution in [0.5, 0.6) is 5.75 Å². The molecule has 6 nitrogen and oxygen atoms in total. The normalized spacial score (nSPS) is 13.3. The third kappa shape index (κ3) is 4.08. The van der Waals surface area contributed by atoms with Crippen LogP contribution in [0, 0.1) is 0 Å². The number of thiophene rings is 1. The fraction of sp³-hybridized carbons (Fsp3) is 0.381. The lowest BCUT2D eigenvalue weighted by molar-refractivity contribution is -0.113. The van der Waals surface area contributed by atoms with E-state index in [1.54, 1.807) is 34.1 Å². The van der Waals surface area contributed by atoms with Crippen LogP contribution in [0.25, 0.3) is 10.2 Å². The van der Waals surface area contributed by atoms with Crippen LogP contribution < -0.4 is 15.6 Å². The zero-order valence-electron chi connectivity index (χ0n) is 16.8. The van der Waals surface area contributed by atoms with Gasteiger partial charge in [-0.1, -0.05) is 23.4 Å². The molecule has 0 saturated carbocycles. The summed E-state index contributed by atoms with van der Waals surface area (Å²) in [5, 5.41) is 4.60. The average Bonchev–Trinajstić information content (AvgIpc) is 3.11. The first-order valence-electron chi connectivity index (χ1n) is 9.83. The molecule has 0 saturated heterocycles. The topological polar surface area (TPSA) is 73.2 Å². The molecule has 2 aromatic heterocycles. The predicted molar refractivity (Wildman–Crippen MR) is 124 cm³/mol. The summed E-state index contributed by atoms with van der Waals surface area (Å²) in [4.78, 5) is 32.4. The molecule has 30 heavy (non-hydrogen) atoms. The van der Waals surface area contributed by atoms with Gasteiger partial charge in [-0.25, -0.2) is 4.98 Å². The minimum atomic E-state index is -0.191. The molecule has 2 heterocycles. The van der Waals surface area contributed by atoms with Gasteiger partial charge in [-0.2, -0.15) is 0 Å². The molecule has 0 unspecified atom stereocenters. The number of halogens is 1. The highest BCUT2D eigenvalue weighted by molar-refractivity contribution is 7.99. The lowest BCUT2D eigenvalue weighted by atomic mass is 9.97. The lowest BCUT2D eigenvalue weighted by Crippen LogP contribution is -2.24. The number of carbonyl (C=O) groups is 1. The number of hydrogen-bond donors (Lipinski definition) is 1. The molecule has 3 aromatic rings. The highest BCUT2D eigenvalue weighted by Crippen LogP contribution is 2.34. The fourth-order valence-corrected chi connectivity index (χ4v) is 6.10. The highest BCUT2D eigenvalue weighted by atomic mass is 35.5. The van der Waals surface area contributed by atoms with Crippen LogP contribution in [0.2, 0.25) is 5.02 Å². The molecule has 0 spiro atoms. The molecule has 1 N–H and O–H groups in total. The van der Waals surface area contributed by atoms with Gasteiger partial charge in [-0.05, 0) is 56.4 Å². The number of ether oxygens (including phenoxy) is 1. The number of rotatable bonds is 6. The van der Waals surface area contributed by atoms with Crippen LogP contribution in [-0.4, -0.2) is 28.3 Å². The zero-order chi connectivity index (χ0) is 21.3. The first-order valence-corrected chi connectivity index (χ1v) is 12.0. The fourth-order valence-electron chi connectivity index (χ4n) is 3.68. The van der Waals surface area contributed by atoms with Crippen LogP contribution in [0.3, 0.4) is 0 Å². The molecule has 9 heteroatoms. The number of aryl methyl sites for hydroxylation is 2. The molecule has 158 valence electrons. The molecule has 1 aliphatic carbocycles. The Kier molecular flexibility index (Phi) is 6.36. The largest absolute Gasteiger partial charge is 0.495 e. The Morgan fingerprint density at radius 3 is 2.90 bits per heavy atom. The van der Waals surface area contributed by atoms with Crippen molar-refractivity contribution in [3.8, 4) is 5.75 Å². The van der Waals surface area contributed by atoms with Gasteiger partial charge in [-0.3, -0.25) is 14.2 Å². The lowest BCUT2D eigenvalue weighted by Gasteiger charge is -2.12. The number of benzene rings is 1. The second-order valence-electron chi connectivity index (χ2n) is 7.02. The van der Waals surface area contributed by atoms with E-state index in [-0.39, 0.29) is 17.2 Å². The molecule has 4 rings (SSSR count). The van der Waals surface area contributed by atoms with E-state index in [0.717, 1.165) is 29.5 Å². The molecule has 0 bridgehead atoms. The van der Waals surface area contributed by atoms with Crippen molar-refractivity contribution in [2.24, 2.45) is 0 Å². The van der Waals surface area contributed by atoms with Crippen molar-refractivity contribution in [1.29, 1.82) is 0 Å². The Bertz CT molecular complexity index is 1170. The Labute approximate surface area is 187 Å². The molecule has 0 fully saturated rings. The Morgan fingerprint density at radius 2 is 2.17 bits per heavy atom. The molecule has 0 atom stereocenters. The van der Waals surface area contributed by atoms with E-state index < -0.39 is 0 Å². The van der Waals surface area contributed by atoms with Crippen molar-refractivity contribution < 1.29 is 9.53 Å². The number of nitrogens with one attached hydrogen (secondary N) is 1. The maximum Gasteiger partial charge on any atom is 0.263 e. The quantitative estimate of drug-likeness (QED) is 0.422. The molecule has 0 aliphatic heterocycles. The van der Waals surface area contributed by atoms with Gasteiger partial charge in [-0.15, -0.1) is 11.3 Å². The molecular weight excluding hydrogens is 442 g/mol. The minimum Gasteiger partial charge on any atom is -0.495 e. The molecule has 1 amide bonds. The smallest absolute Gasteiger partial charge is 0.263 e. The number of aromatic nitrogens is 2. The highest BCUT2D eigenvalue weighted by Gasteiger charge is 2.22. The number of fused-ring (bicyclic) bond motifs is 3. The van der Waals surface area contributed by atoms with Crippen molar-refractivity contribution in [2.75, 3.05) is 18.2 Å². The number of anilines is 1. The molecule has 0 radical (unpaired) electrons. The van der Waals surface area contributed by atoms with E-state index in [2.05, 4.69) is 5.32 Å². The first-order chi connectivity index (χ1) is 14.5. The molecule has 1 aliphatic rings. The number of nitrogens with zero attached hydrogens (tertiary/aromatic N) is 2. The number of thioether (sulfide) groups is 1. The van der Waals surface area contributed by atoms with Gasteiger partial charge >= 0.3 is 0 Å². The second kappa shape index (κ2) is 8.99. The van der Waals surface area contributed by atoms with Gasteiger partial charge in [0.25, 0.3) is 5.56 Å². The van der Waals surface area contributed by atoms with Crippen LogP contribution in [0.4, 0.5) is 5.69 Å². The first kappa shape index (κ1) is 21.2. The zero-order valence-corrected chi connectivity index (χ0v) is 19.2. The average molecular weight is 464 g/mol. The summed E-state index contributed by atoms with van der Waals surface area (Å²) in [6, 6.07) is 5.08. The van der Waals surface area contributed by atoms with E-state index in [1.807, 2.05) is 6.92 Å². The predicted octanol–water partition coefficient (Wildman–Crippen LogP) is 4.75. The van der Waals surface area contributed by atoms with E-state index >= 15 is 0 Å². The van der Waals surface area contributed by atoms with Crippen molar-refractivity contribution in [3.63, 3.8) is 0 Å². The molecular formula is C21H22ClN3O3S2. The number of hydrogen-bond acceptors (Lipinski definition) is 6. The number of carbonyl (C=O) groups excluding carboxylic acids is 1. The number of amides is 1. The Balaban J connectivity index is 1.54. The van der Waals surface area contributed by atoms with Crippen LogP contribution in [-0.2, 0) is 24.2 Å². The van der Waals surface area contributed by atoms with E-state index in [9.17, 15) is 9.59 Å². The van der Waals surface area contributed by atoms with Gasteiger partial charge in [0.15, 0.2) is 5.16 Å². The SMILES string of the molecule is CCn1c(SCC(=O)Nc2ccc(OC)c(Cl)c2)nc2sc3c(c2c1=O)CCCC3. The Hall–Kier alpha value is -2.03. The Morgan fingerprint density at radius 1 is 1.37 bits per heavy atom. The van der Waals surface area contributed by atoms with Gasteiger partial charge in [0.1, 0.15) is 10.6 Å². The van der Waals surface area contributed by atoms with E-state index in [4.69, 9.17) is 21.3 Å². The summed E-state index contributed by atoms with van der Waals surface area (Å²) in [5.74, 6) is 0.503. The summed E-state index contributed by atoms with van der Waals surface area (Å²) in [6.45, 7) is 2.45. The maximum absolute atomic E-state index is 13.1. The van der Waals surface area contributed by atoms with E-state index in [1.165, 1.54) is 35.7 Å². The van der Waals surface area contributed by atoms with Gasteiger partial charge in [0.05, 0.1) is 23.3 Å². The number of methoxy groups -OCH3 is 1. The standard InChI is InChI=1S/C21H22ClN3O3S2/c1-3-25-20(27)18-13-6-4-5-7-16(13)30-19(18)24-21(25)29-11-17(26)23-12-8-9-15(28-2)14(22)10-12/h8-10H,3-7,11H2,1-2H3,(H,23,26). The summed E-state index contributed by atoms with van der Waals surface area (Å²) < 4.78 is 6.80. The van der Waals surface area contributed by atoms with Crippen molar-refractivity contribution in [3.05, 3.63) is 44.0 Å². The monoisotopic (exact) mass is 463 g/mol. The van der Waals surface area contributed by atoms with Crippen molar-refractivity contribution >= 4 is 56.5 Å². The van der Waals surface area contributed by atoms with Crippen LogP contribution >= 0.6 is 34.7 Å². The summed E-state index contributed by atoms with van der Waals surface area (Å²) in [7, 11) is 1.54. The van der Waals surface area contributed by atoms with Crippen LogP contribution in [0.15, 0.2) is 28.2 Å². The van der Waals surface area contributed by atoms with Gasteiger partial charge < -0.3 is 10.1 Å². The third-order valence-electron chi connectivity index (χ3n) is 5.12. The summed E-state index contributed by atoms with van der Waals surface area (Å²) in [6.07, 6.45) is 4.27. The second-order valence-corrected chi connectivity index (χ2v) is 9.45. The van der Waals surface area contributed by atoms with E-state index in [0.29, 0.717) is 28.2 Å². The summed E-state index contributed by atoms with van der Waals surface area (Å²) >= 11 is 9.01. The van der Waals surface area contributed by atoms with Gasteiger partial charge in [0.2, 0.25) is 5.91 Å². The maximum atomic E-state index is 13.1. The molecule has 1 aromatic carbocycles. The summed E-state index contributed by atoms with van der Waals surface area (Å²) in [5.41, 5.74) is 1.78. The van der Waals surface area contributed by atoms with Crippen LogP contribution in [0.1, 0.15) is 30.2 Å². The van der Waals surface area contributed by atoms with Crippen molar-refractivity contribution in [1.82, 2.24) is 9.55 Å². The van der Waals surface area contributed by atoms with Crippen molar-refractivity contribution in [2.45, 2.75) is 44.3 Å². The minimum absolute atomic E-state index is 0.00624. The van der Waals surface area contributed by atoms with Gasteiger partial charge in [0, 0.05) is 17.1 Å². The third-order valence-corrected chi connectivity index (χ3v) is 7.58.